The molecule has 0 fully saturated rings. The molecule has 0 N–H and O–H groups in total. The molecule has 0 saturated heterocycles. The fraction of sp³-hybridized carbons (Fsp3) is 0.842. The van der Waals surface area contributed by atoms with Crippen LogP contribution in [0, 0.1) is 0 Å². The molecule has 0 amide bonds. The summed E-state index contributed by atoms with van der Waals surface area (Å²) in [6, 6.07) is 0. The van der Waals surface area contributed by atoms with Gasteiger partial charge in [0.1, 0.15) is 13.2 Å². The van der Waals surface area contributed by atoms with Gasteiger partial charge in [0.05, 0.1) is 0 Å². The molecule has 0 spiro atoms. The zero-order valence-corrected chi connectivity index (χ0v) is 42.1. The van der Waals surface area contributed by atoms with Gasteiger partial charge in [-0.25, -0.2) is 0 Å². The first-order chi connectivity index (χ1) is 31.0. The summed E-state index contributed by atoms with van der Waals surface area (Å²) in [4.78, 5) is 38.0. The molecule has 0 heterocycles. The third-order valence-corrected chi connectivity index (χ3v) is 12.1. The number of ether oxygens (including phenoxy) is 3. The van der Waals surface area contributed by atoms with Crippen molar-refractivity contribution in [1.29, 1.82) is 0 Å². The van der Waals surface area contributed by atoms with E-state index in [2.05, 4.69) is 57.2 Å². The van der Waals surface area contributed by atoms with Crippen LogP contribution in [0.2, 0.25) is 0 Å². The van der Waals surface area contributed by atoms with Gasteiger partial charge in [0.2, 0.25) is 0 Å². The van der Waals surface area contributed by atoms with Gasteiger partial charge < -0.3 is 14.2 Å². The second kappa shape index (κ2) is 52.3. The highest BCUT2D eigenvalue weighted by Crippen LogP contribution is 2.16. The molecule has 0 rings (SSSR count). The van der Waals surface area contributed by atoms with Crippen molar-refractivity contribution in [3.05, 3.63) is 36.5 Å². The van der Waals surface area contributed by atoms with Crippen molar-refractivity contribution < 1.29 is 28.6 Å². The van der Waals surface area contributed by atoms with Gasteiger partial charge in [0.15, 0.2) is 6.10 Å². The lowest BCUT2D eigenvalue weighted by molar-refractivity contribution is -0.167. The molecule has 0 aliphatic rings. The maximum atomic E-state index is 12.8. The maximum Gasteiger partial charge on any atom is 0.306 e. The van der Waals surface area contributed by atoms with Crippen molar-refractivity contribution >= 4 is 17.9 Å². The van der Waals surface area contributed by atoms with Crippen LogP contribution in [0.15, 0.2) is 36.5 Å². The molecule has 0 aromatic heterocycles. The van der Waals surface area contributed by atoms with Crippen molar-refractivity contribution in [1.82, 2.24) is 0 Å². The average molecular weight is 885 g/mol. The number of unbranched alkanes of at least 4 members (excludes halogenated alkanes) is 33. The van der Waals surface area contributed by atoms with E-state index in [4.69, 9.17) is 14.2 Å². The molecule has 0 aliphatic heterocycles. The number of hydrogen-bond donors (Lipinski definition) is 0. The number of rotatable bonds is 50. The molecule has 368 valence electrons. The van der Waals surface area contributed by atoms with E-state index < -0.39 is 6.10 Å². The third kappa shape index (κ3) is 50.5. The largest absolute Gasteiger partial charge is 0.462 e. The molecular formula is C57H104O6. The molecule has 0 aliphatic carbocycles. The summed E-state index contributed by atoms with van der Waals surface area (Å²) in [6.07, 6.45) is 61.3. The number of carbonyl (C=O) groups is 3. The van der Waals surface area contributed by atoms with Gasteiger partial charge in [-0.15, -0.1) is 0 Å². The molecule has 0 aromatic rings. The summed E-state index contributed by atoms with van der Waals surface area (Å²) in [7, 11) is 0. The summed E-state index contributed by atoms with van der Waals surface area (Å²) in [5.74, 6) is -0.880. The predicted molar refractivity (Wildman–Crippen MR) is 270 cm³/mol. The molecule has 0 aromatic carbocycles. The van der Waals surface area contributed by atoms with E-state index in [1.165, 1.54) is 167 Å². The van der Waals surface area contributed by atoms with E-state index in [0.717, 1.165) is 83.5 Å². The third-order valence-electron chi connectivity index (χ3n) is 12.1. The van der Waals surface area contributed by atoms with Crippen LogP contribution in [0.4, 0.5) is 0 Å². The number of carbonyl (C=O) groups excluding carboxylic acids is 3. The molecule has 0 bridgehead atoms. The Morgan fingerprint density at radius 1 is 0.317 bits per heavy atom. The Labute approximate surface area is 391 Å². The second-order valence-corrected chi connectivity index (χ2v) is 18.5. The highest BCUT2D eigenvalue weighted by atomic mass is 16.6. The summed E-state index contributed by atoms with van der Waals surface area (Å²) < 4.78 is 16.8. The fourth-order valence-electron chi connectivity index (χ4n) is 7.95. The maximum absolute atomic E-state index is 12.8. The van der Waals surface area contributed by atoms with Crippen LogP contribution >= 0.6 is 0 Å². The van der Waals surface area contributed by atoms with Crippen molar-refractivity contribution in [3.8, 4) is 0 Å². The van der Waals surface area contributed by atoms with Crippen LogP contribution in [-0.4, -0.2) is 37.2 Å². The molecule has 6 nitrogen and oxygen atoms in total. The Bertz CT molecular complexity index is 1060. The molecule has 0 saturated carbocycles. The minimum atomic E-state index is -0.774. The predicted octanol–water partition coefficient (Wildman–Crippen LogP) is 18.1. The number of hydrogen-bond acceptors (Lipinski definition) is 6. The molecule has 6 heteroatoms. The van der Waals surface area contributed by atoms with Crippen LogP contribution in [0.3, 0.4) is 0 Å². The topological polar surface area (TPSA) is 78.9 Å². The molecule has 1 atom stereocenters. The van der Waals surface area contributed by atoms with Gasteiger partial charge >= 0.3 is 17.9 Å². The lowest BCUT2D eigenvalue weighted by Crippen LogP contribution is -2.30. The lowest BCUT2D eigenvalue weighted by atomic mass is 10.0. The average Bonchev–Trinajstić information content (AvgIpc) is 3.28. The standard InChI is InChI=1S/C57H104O6/c1-4-7-10-13-16-19-22-24-26-28-30-31-33-35-38-41-44-47-50-56(59)62-53-54(52-61-55(58)49-46-43-40-37-21-18-15-12-9-6-3)63-57(60)51-48-45-42-39-36-34-32-29-27-25-23-20-17-14-11-8-5-2/h12,15,19,22,26,28,54H,4-11,13-14,16-18,20-21,23-25,27,29-53H2,1-3H3/b15-12-,22-19-,28-26-. The normalized spacial score (nSPS) is 12.2. The molecule has 0 radical (unpaired) electrons. The Morgan fingerprint density at radius 3 is 0.968 bits per heavy atom. The van der Waals surface area contributed by atoms with Crippen LogP contribution in [-0.2, 0) is 28.6 Å². The highest BCUT2D eigenvalue weighted by molar-refractivity contribution is 5.71. The first-order valence-electron chi connectivity index (χ1n) is 27.5. The first kappa shape index (κ1) is 60.6. The van der Waals surface area contributed by atoms with Crippen molar-refractivity contribution in [2.75, 3.05) is 13.2 Å². The quantitative estimate of drug-likeness (QED) is 0.0262. The highest BCUT2D eigenvalue weighted by Gasteiger charge is 2.19. The van der Waals surface area contributed by atoms with Crippen LogP contribution in [0.1, 0.15) is 290 Å². The van der Waals surface area contributed by atoms with E-state index in [1.54, 1.807) is 0 Å². The lowest BCUT2D eigenvalue weighted by Gasteiger charge is -2.18. The summed E-state index contributed by atoms with van der Waals surface area (Å²) in [5, 5.41) is 0. The molecule has 63 heavy (non-hydrogen) atoms. The van der Waals surface area contributed by atoms with E-state index in [1.807, 2.05) is 0 Å². The first-order valence-corrected chi connectivity index (χ1v) is 27.5. The summed E-state index contributed by atoms with van der Waals surface area (Å²) in [5.41, 5.74) is 0. The van der Waals surface area contributed by atoms with Gasteiger partial charge in [0.25, 0.3) is 0 Å². The van der Waals surface area contributed by atoms with Gasteiger partial charge in [0, 0.05) is 19.3 Å². The Hall–Kier alpha value is -2.37. The second-order valence-electron chi connectivity index (χ2n) is 18.5. The fourth-order valence-corrected chi connectivity index (χ4v) is 7.95. The minimum Gasteiger partial charge on any atom is -0.462 e. The van der Waals surface area contributed by atoms with E-state index in [-0.39, 0.29) is 31.1 Å². The molecule has 1 unspecified atom stereocenters. The van der Waals surface area contributed by atoms with E-state index in [9.17, 15) is 14.4 Å². The Morgan fingerprint density at radius 2 is 0.603 bits per heavy atom. The van der Waals surface area contributed by atoms with E-state index in [0.29, 0.717) is 19.3 Å². The Kier molecular flexibility index (Phi) is 50.3. The number of allylic oxidation sites excluding steroid dienone is 6. The summed E-state index contributed by atoms with van der Waals surface area (Å²) in [6.45, 7) is 6.58. The van der Waals surface area contributed by atoms with Crippen molar-refractivity contribution in [2.45, 2.75) is 297 Å². The zero-order valence-electron chi connectivity index (χ0n) is 42.1. The van der Waals surface area contributed by atoms with Gasteiger partial charge in [-0.05, 0) is 70.6 Å². The zero-order chi connectivity index (χ0) is 45.8. The Balaban J connectivity index is 4.30. The SMILES string of the molecule is CCC/C=C\CCCCCCCC(=O)OCC(COC(=O)CCCCCCCCC/C=C\C/C=C\CCCCCC)OC(=O)CCCCCCCCCCCCCCCCCCC. The van der Waals surface area contributed by atoms with E-state index >= 15 is 0 Å². The minimum absolute atomic E-state index is 0.0760. The summed E-state index contributed by atoms with van der Waals surface area (Å²) >= 11 is 0. The van der Waals surface area contributed by atoms with Crippen molar-refractivity contribution in [2.24, 2.45) is 0 Å². The van der Waals surface area contributed by atoms with Crippen LogP contribution < -0.4 is 0 Å². The molecular weight excluding hydrogens is 781 g/mol. The van der Waals surface area contributed by atoms with Crippen LogP contribution in [0.25, 0.3) is 0 Å². The monoisotopic (exact) mass is 885 g/mol. The van der Waals surface area contributed by atoms with Gasteiger partial charge in [-0.3, -0.25) is 14.4 Å². The van der Waals surface area contributed by atoms with Gasteiger partial charge in [-0.1, -0.05) is 237 Å². The number of esters is 3. The van der Waals surface area contributed by atoms with Gasteiger partial charge in [-0.2, -0.15) is 0 Å². The van der Waals surface area contributed by atoms with Crippen molar-refractivity contribution in [3.63, 3.8) is 0 Å². The smallest absolute Gasteiger partial charge is 0.306 e. The van der Waals surface area contributed by atoms with Crippen LogP contribution in [0.5, 0.6) is 0 Å².